The number of carbonyl (C=O) groups is 3. The molecule has 1 N–H and O–H groups in total. The summed E-state index contributed by atoms with van der Waals surface area (Å²) in [5.41, 5.74) is 1.11. The largest absolute Gasteiger partial charge is 0.459 e. The summed E-state index contributed by atoms with van der Waals surface area (Å²) in [4.78, 5) is 43.0. The van der Waals surface area contributed by atoms with Crippen LogP contribution in [-0.2, 0) is 19.0 Å². The van der Waals surface area contributed by atoms with E-state index in [1.165, 1.54) is 13.1 Å². The van der Waals surface area contributed by atoms with E-state index < -0.39 is 23.9 Å². The lowest BCUT2D eigenvalue weighted by Gasteiger charge is -2.27. The maximum atomic E-state index is 12.4. The van der Waals surface area contributed by atoms with Gasteiger partial charge in [0.25, 0.3) is 5.91 Å². The fraction of sp³-hybridized carbons (Fsp3) is 0.391. The topological polar surface area (TPSA) is 107 Å². The van der Waals surface area contributed by atoms with Gasteiger partial charge in [-0.25, -0.2) is 14.6 Å². The van der Waals surface area contributed by atoms with Crippen LogP contribution in [0.3, 0.4) is 0 Å². The minimum atomic E-state index is -1.02. The first-order chi connectivity index (χ1) is 15.3. The number of hydrogen-bond acceptors (Lipinski definition) is 8. The van der Waals surface area contributed by atoms with Crippen LogP contribution in [0, 0.1) is 0 Å². The second kappa shape index (κ2) is 10.7. The van der Waals surface area contributed by atoms with Gasteiger partial charge in [0.1, 0.15) is 5.82 Å². The van der Waals surface area contributed by atoms with Crippen molar-refractivity contribution in [2.75, 3.05) is 36.5 Å². The van der Waals surface area contributed by atoms with Crippen molar-refractivity contribution in [3.63, 3.8) is 0 Å². The number of anilines is 2. The highest BCUT2D eigenvalue weighted by molar-refractivity contribution is 5.97. The van der Waals surface area contributed by atoms with Gasteiger partial charge >= 0.3 is 11.9 Å². The van der Waals surface area contributed by atoms with E-state index >= 15 is 0 Å². The van der Waals surface area contributed by atoms with Crippen molar-refractivity contribution in [3.8, 4) is 0 Å². The summed E-state index contributed by atoms with van der Waals surface area (Å²) in [6.45, 7) is 7.79. The summed E-state index contributed by atoms with van der Waals surface area (Å²) < 4.78 is 15.7. The first-order valence-electron chi connectivity index (χ1n) is 10.4. The monoisotopic (exact) mass is 441 g/mol. The van der Waals surface area contributed by atoms with Gasteiger partial charge in [-0.05, 0) is 57.2 Å². The van der Waals surface area contributed by atoms with Crippen molar-refractivity contribution >= 4 is 29.4 Å². The van der Waals surface area contributed by atoms with Crippen molar-refractivity contribution in [2.24, 2.45) is 0 Å². The summed E-state index contributed by atoms with van der Waals surface area (Å²) >= 11 is 0. The minimum absolute atomic E-state index is 0.219. The van der Waals surface area contributed by atoms with Crippen LogP contribution in [0.4, 0.5) is 11.5 Å². The number of aromatic nitrogens is 1. The van der Waals surface area contributed by atoms with Gasteiger partial charge in [0, 0.05) is 25.0 Å². The molecule has 0 radical (unpaired) electrons. The highest BCUT2D eigenvalue weighted by Gasteiger charge is 2.20. The maximum absolute atomic E-state index is 12.4. The van der Waals surface area contributed by atoms with Crippen LogP contribution in [0.1, 0.15) is 41.5 Å². The summed E-state index contributed by atoms with van der Waals surface area (Å²) in [5, 5.41) is 2.66. The van der Waals surface area contributed by atoms with E-state index in [9.17, 15) is 14.4 Å². The van der Waals surface area contributed by atoms with Gasteiger partial charge in [0.05, 0.1) is 30.4 Å². The number of amides is 1. The van der Waals surface area contributed by atoms with Crippen LogP contribution in [-0.4, -0.2) is 61.3 Å². The number of ether oxygens (including phenoxy) is 3. The molecule has 2 heterocycles. The predicted octanol–water partition coefficient (Wildman–Crippen LogP) is 2.67. The van der Waals surface area contributed by atoms with Gasteiger partial charge < -0.3 is 24.4 Å². The molecular formula is C23H27N3O6. The molecule has 1 aliphatic heterocycles. The van der Waals surface area contributed by atoms with Gasteiger partial charge in [-0.3, -0.25) is 4.79 Å². The molecule has 9 heteroatoms. The quantitative estimate of drug-likeness (QED) is 0.654. The molecule has 1 saturated heterocycles. The zero-order chi connectivity index (χ0) is 23.1. The van der Waals surface area contributed by atoms with Gasteiger partial charge in [-0.2, -0.15) is 0 Å². The average molecular weight is 441 g/mol. The zero-order valence-electron chi connectivity index (χ0n) is 18.4. The molecule has 3 rings (SSSR count). The summed E-state index contributed by atoms with van der Waals surface area (Å²) in [5.74, 6) is -0.806. The summed E-state index contributed by atoms with van der Waals surface area (Å²) in [7, 11) is 0. The molecule has 1 atom stereocenters. The van der Waals surface area contributed by atoms with Gasteiger partial charge in [0.2, 0.25) is 0 Å². The summed E-state index contributed by atoms with van der Waals surface area (Å²) in [6, 6.07) is 9.64. The first-order valence-corrected chi connectivity index (χ1v) is 10.4. The molecule has 170 valence electrons. The van der Waals surface area contributed by atoms with Crippen LogP contribution >= 0.6 is 0 Å². The second-order valence-corrected chi connectivity index (χ2v) is 7.57. The molecule has 1 fully saturated rings. The van der Waals surface area contributed by atoms with Gasteiger partial charge in [-0.15, -0.1) is 0 Å². The fourth-order valence-corrected chi connectivity index (χ4v) is 2.98. The molecule has 1 aliphatic rings. The van der Waals surface area contributed by atoms with Gasteiger partial charge in [0.15, 0.2) is 6.10 Å². The van der Waals surface area contributed by atoms with Crippen LogP contribution in [0.25, 0.3) is 0 Å². The Morgan fingerprint density at radius 3 is 2.16 bits per heavy atom. The van der Waals surface area contributed by atoms with Crippen molar-refractivity contribution in [2.45, 2.75) is 33.0 Å². The van der Waals surface area contributed by atoms with E-state index in [-0.39, 0.29) is 11.7 Å². The first kappa shape index (κ1) is 23.2. The van der Waals surface area contributed by atoms with Crippen LogP contribution < -0.4 is 10.2 Å². The van der Waals surface area contributed by atoms with Crippen LogP contribution in [0.2, 0.25) is 0 Å². The lowest BCUT2D eigenvalue weighted by molar-refractivity contribution is -0.123. The fourth-order valence-electron chi connectivity index (χ4n) is 2.98. The molecule has 1 aromatic carbocycles. The molecule has 1 amide bonds. The van der Waals surface area contributed by atoms with Crippen molar-refractivity contribution < 1.29 is 28.6 Å². The van der Waals surface area contributed by atoms with E-state index in [4.69, 9.17) is 14.2 Å². The van der Waals surface area contributed by atoms with E-state index in [0.717, 1.165) is 18.9 Å². The molecule has 0 aliphatic carbocycles. The van der Waals surface area contributed by atoms with E-state index in [1.54, 1.807) is 50.2 Å². The standard InChI is InChI=1S/C23H27N3O6/c1-15(2)31-22(28)17-4-7-19(8-5-17)25-21(27)16(3)32-23(29)18-6-9-20(24-14-18)26-10-12-30-13-11-26/h4-9,14-16H,10-13H2,1-3H3,(H,25,27)/t16-/m0/s1. The Morgan fingerprint density at radius 2 is 1.56 bits per heavy atom. The third-order valence-corrected chi connectivity index (χ3v) is 4.70. The third-order valence-electron chi connectivity index (χ3n) is 4.70. The maximum Gasteiger partial charge on any atom is 0.340 e. The number of esters is 2. The Bertz CT molecular complexity index is 937. The molecule has 2 aromatic rings. The van der Waals surface area contributed by atoms with Gasteiger partial charge in [-0.1, -0.05) is 0 Å². The SMILES string of the molecule is CC(C)OC(=O)c1ccc(NC(=O)[C@H](C)OC(=O)c2ccc(N3CCOCC3)nc2)cc1. The van der Waals surface area contributed by atoms with Crippen molar-refractivity contribution in [1.82, 2.24) is 4.98 Å². The highest BCUT2D eigenvalue weighted by Crippen LogP contribution is 2.15. The number of nitrogens with zero attached hydrogens (tertiary/aromatic N) is 2. The minimum Gasteiger partial charge on any atom is -0.459 e. The van der Waals surface area contributed by atoms with Crippen LogP contribution in [0.15, 0.2) is 42.6 Å². The molecule has 9 nitrogen and oxygen atoms in total. The number of pyridine rings is 1. The lowest BCUT2D eigenvalue weighted by Crippen LogP contribution is -2.36. The number of nitrogens with one attached hydrogen (secondary N) is 1. The third kappa shape index (κ3) is 6.27. The molecular weight excluding hydrogens is 414 g/mol. The Morgan fingerprint density at radius 1 is 0.938 bits per heavy atom. The number of hydrogen-bond donors (Lipinski definition) is 1. The molecule has 32 heavy (non-hydrogen) atoms. The summed E-state index contributed by atoms with van der Waals surface area (Å²) in [6.07, 6.45) is 0.197. The Labute approximate surface area is 186 Å². The predicted molar refractivity (Wildman–Crippen MR) is 118 cm³/mol. The highest BCUT2D eigenvalue weighted by atomic mass is 16.5. The Hall–Kier alpha value is -3.46. The molecule has 0 spiro atoms. The number of carbonyl (C=O) groups excluding carboxylic acids is 3. The number of benzene rings is 1. The van der Waals surface area contributed by atoms with Crippen molar-refractivity contribution in [1.29, 1.82) is 0 Å². The Kier molecular flexibility index (Phi) is 7.77. The number of morpholine rings is 1. The second-order valence-electron chi connectivity index (χ2n) is 7.57. The molecule has 0 bridgehead atoms. The van der Waals surface area contributed by atoms with Crippen molar-refractivity contribution in [3.05, 3.63) is 53.7 Å². The lowest BCUT2D eigenvalue weighted by atomic mass is 10.2. The van der Waals surface area contributed by atoms with E-state index in [2.05, 4.69) is 15.2 Å². The smallest absolute Gasteiger partial charge is 0.340 e. The molecule has 1 aromatic heterocycles. The number of rotatable bonds is 7. The van der Waals surface area contributed by atoms with E-state index in [0.29, 0.717) is 24.5 Å². The zero-order valence-corrected chi connectivity index (χ0v) is 18.4. The molecule has 0 unspecified atom stereocenters. The average Bonchev–Trinajstić information content (AvgIpc) is 2.79. The van der Waals surface area contributed by atoms with E-state index in [1.807, 2.05) is 0 Å². The Balaban J connectivity index is 1.52. The normalized spacial score (nSPS) is 14.6. The molecule has 0 saturated carbocycles. The van der Waals surface area contributed by atoms with Crippen LogP contribution in [0.5, 0.6) is 0 Å².